The van der Waals surface area contributed by atoms with E-state index in [9.17, 15) is 13.2 Å². The maximum Gasteiger partial charge on any atom is 0.169 e. The van der Waals surface area contributed by atoms with Gasteiger partial charge in [-0.3, -0.25) is 0 Å². The molecule has 4 heteroatoms. The molecule has 0 unspecified atom stereocenters. The van der Waals surface area contributed by atoms with Gasteiger partial charge in [-0.15, -0.1) is 0 Å². The second-order valence-electron chi connectivity index (χ2n) is 3.89. The Morgan fingerprint density at radius 3 is 2.56 bits per heavy atom. The van der Waals surface area contributed by atoms with Crippen molar-refractivity contribution in [3.63, 3.8) is 0 Å². The van der Waals surface area contributed by atoms with Crippen molar-refractivity contribution in [3.8, 4) is 11.3 Å². The Bertz CT molecular complexity index is 731. The van der Waals surface area contributed by atoms with Crippen LogP contribution in [-0.2, 0) is 0 Å². The minimum atomic E-state index is -0.975. The summed E-state index contributed by atoms with van der Waals surface area (Å²) < 4.78 is 45.1. The molecule has 0 saturated heterocycles. The summed E-state index contributed by atoms with van der Waals surface area (Å²) in [7, 11) is 0. The SMILES string of the molecule is Fc1ccc2oc(-c3cccc(F)c3F)cc2c1. The predicted molar refractivity (Wildman–Crippen MR) is 61.5 cm³/mol. The fraction of sp³-hybridized carbons (Fsp3) is 0. The molecule has 1 nitrogen and oxygen atoms in total. The molecule has 0 aliphatic heterocycles. The Balaban J connectivity index is 2.22. The quantitative estimate of drug-likeness (QED) is 0.617. The lowest BCUT2D eigenvalue weighted by Crippen LogP contribution is -1.86. The minimum absolute atomic E-state index is 0.0200. The average molecular weight is 248 g/mol. The molecule has 0 aliphatic rings. The van der Waals surface area contributed by atoms with E-state index in [-0.39, 0.29) is 11.3 Å². The third-order valence-electron chi connectivity index (χ3n) is 2.70. The summed E-state index contributed by atoms with van der Waals surface area (Å²) in [5.74, 6) is -2.15. The van der Waals surface area contributed by atoms with E-state index < -0.39 is 17.5 Å². The second-order valence-corrected chi connectivity index (χ2v) is 3.89. The molecular formula is C14H7F3O. The third kappa shape index (κ3) is 1.66. The average Bonchev–Trinajstić information content (AvgIpc) is 2.75. The van der Waals surface area contributed by atoms with Crippen molar-refractivity contribution >= 4 is 11.0 Å². The van der Waals surface area contributed by atoms with Crippen molar-refractivity contribution in [2.45, 2.75) is 0 Å². The molecule has 0 N–H and O–H groups in total. The zero-order valence-corrected chi connectivity index (χ0v) is 9.08. The summed E-state index contributed by atoms with van der Waals surface area (Å²) >= 11 is 0. The molecule has 0 atom stereocenters. The fourth-order valence-corrected chi connectivity index (χ4v) is 1.84. The molecule has 1 aromatic heterocycles. The number of hydrogen-bond donors (Lipinski definition) is 0. The lowest BCUT2D eigenvalue weighted by atomic mass is 10.1. The van der Waals surface area contributed by atoms with Crippen LogP contribution in [-0.4, -0.2) is 0 Å². The molecule has 0 fully saturated rings. The van der Waals surface area contributed by atoms with Gasteiger partial charge in [0.15, 0.2) is 11.6 Å². The molecule has 0 saturated carbocycles. The van der Waals surface area contributed by atoms with Gasteiger partial charge in [-0.1, -0.05) is 6.07 Å². The highest BCUT2D eigenvalue weighted by molar-refractivity contribution is 5.82. The first-order chi connectivity index (χ1) is 8.65. The number of halogens is 3. The fourth-order valence-electron chi connectivity index (χ4n) is 1.84. The van der Waals surface area contributed by atoms with Crippen LogP contribution < -0.4 is 0 Å². The van der Waals surface area contributed by atoms with Gasteiger partial charge in [-0.25, -0.2) is 13.2 Å². The van der Waals surface area contributed by atoms with Gasteiger partial charge in [0, 0.05) is 5.39 Å². The van der Waals surface area contributed by atoms with Crippen molar-refractivity contribution in [2.24, 2.45) is 0 Å². The molecule has 90 valence electrons. The summed E-state index contributed by atoms with van der Waals surface area (Å²) in [6, 6.07) is 9.29. The smallest absolute Gasteiger partial charge is 0.169 e. The maximum atomic E-state index is 13.6. The zero-order chi connectivity index (χ0) is 12.7. The Morgan fingerprint density at radius 1 is 0.889 bits per heavy atom. The van der Waals surface area contributed by atoms with Crippen molar-refractivity contribution in [2.75, 3.05) is 0 Å². The van der Waals surface area contributed by atoms with Gasteiger partial charge in [0.25, 0.3) is 0 Å². The van der Waals surface area contributed by atoms with E-state index in [0.29, 0.717) is 11.0 Å². The van der Waals surface area contributed by atoms with Crippen LogP contribution in [0.3, 0.4) is 0 Å². The Kier molecular flexibility index (Phi) is 2.37. The van der Waals surface area contributed by atoms with Crippen LogP contribution in [0.1, 0.15) is 0 Å². The number of benzene rings is 2. The van der Waals surface area contributed by atoms with E-state index in [2.05, 4.69) is 0 Å². The number of fused-ring (bicyclic) bond motifs is 1. The normalized spacial score (nSPS) is 11.1. The van der Waals surface area contributed by atoms with E-state index in [1.54, 1.807) is 0 Å². The highest BCUT2D eigenvalue weighted by atomic mass is 19.2. The van der Waals surface area contributed by atoms with Crippen LogP contribution in [0.25, 0.3) is 22.3 Å². The van der Waals surface area contributed by atoms with Crippen LogP contribution in [0.2, 0.25) is 0 Å². The topological polar surface area (TPSA) is 13.1 Å². The lowest BCUT2D eigenvalue weighted by molar-refractivity contribution is 0.506. The van der Waals surface area contributed by atoms with Crippen molar-refractivity contribution in [1.29, 1.82) is 0 Å². The van der Waals surface area contributed by atoms with Gasteiger partial charge >= 0.3 is 0 Å². The number of hydrogen-bond acceptors (Lipinski definition) is 1. The van der Waals surface area contributed by atoms with E-state index in [1.807, 2.05) is 0 Å². The van der Waals surface area contributed by atoms with Gasteiger partial charge in [-0.2, -0.15) is 0 Å². The molecule has 2 aromatic carbocycles. The molecule has 3 rings (SSSR count). The van der Waals surface area contributed by atoms with Crippen molar-refractivity contribution < 1.29 is 17.6 Å². The standard InChI is InChI=1S/C14H7F3O/c15-9-4-5-12-8(6-9)7-13(18-12)10-2-1-3-11(16)14(10)17/h1-7H. The minimum Gasteiger partial charge on any atom is -0.456 e. The third-order valence-corrected chi connectivity index (χ3v) is 2.70. The molecule has 0 radical (unpaired) electrons. The molecular weight excluding hydrogens is 241 g/mol. The van der Waals surface area contributed by atoms with Gasteiger partial charge in [0.2, 0.25) is 0 Å². The molecule has 0 amide bonds. The monoisotopic (exact) mass is 248 g/mol. The number of furan rings is 1. The second kappa shape index (κ2) is 3.91. The summed E-state index contributed by atoms with van der Waals surface area (Å²) in [5, 5.41) is 0.508. The summed E-state index contributed by atoms with van der Waals surface area (Å²) in [6.45, 7) is 0. The summed E-state index contributed by atoms with van der Waals surface area (Å²) in [6.07, 6.45) is 0. The summed E-state index contributed by atoms with van der Waals surface area (Å²) in [4.78, 5) is 0. The number of rotatable bonds is 1. The predicted octanol–water partition coefficient (Wildman–Crippen LogP) is 4.52. The van der Waals surface area contributed by atoms with Crippen LogP contribution in [0.15, 0.2) is 46.9 Å². The van der Waals surface area contributed by atoms with E-state index in [4.69, 9.17) is 4.42 Å². The van der Waals surface area contributed by atoms with E-state index in [0.717, 1.165) is 6.07 Å². The van der Waals surface area contributed by atoms with E-state index >= 15 is 0 Å². The van der Waals surface area contributed by atoms with Gasteiger partial charge < -0.3 is 4.42 Å². The lowest BCUT2D eigenvalue weighted by Gasteiger charge is -1.99. The largest absolute Gasteiger partial charge is 0.456 e. The van der Waals surface area contributed by atoms with Gasteiger partial charge in [0.05, 0.1) is 5.56 Å². The molecule has 0 spiro atoms. The van der Waals surface area contributed by atoms with Crippen LogP contribution >= 0.6 is 0 Å². The first kappa shape index (κ1) is 10.9. The zero-order valence-electron chi connectivity index (χ0n) is 9.08. The van der Waals surface area contributed by atoms with Crippen LogP contribution in [0.5, 0.6) is 0 Å². The van der Waals surface area contributed by atoms with E-state index in [1.165, 1.54) is 36.4 Å². The molecule has 0 aliphatic carbocycles. The van der Waals surface area contributed by atoms with Gasteiger partial charge in [-0.05, 0) is 36.4 Å². The Hall–Kier alpha value is -2.23. The van der Waals surface area contributed by atoms with Gasteiger partial charge in [0.1, 0.15) is 17.2 Å². The molecule has 1 heterocycles. The van der Waals surface area contributed by atoms with Crippen LogP contribution in [0.4, 0.5) is 13.2 Å². The highest BCUT2D eigenvalue weighted by Crippen LogP contribution is 2.30. The first-order valence-electron chi connectivity index (χ1n) is 5.28. The maximum absolute atomic E-state index is 13.6. The first-order valence-corrected chi connectivity index (χ1v) is 5.28. The Morgan fingerprint density at radius 2 is 1.72 bits per heavy atom. The summed E-state index contributed by atoms with van der Waals surface area (Å²) in [5.41, 5.74) is 0.446. The molecule has 3 aromatic rings. The Labute approximate surface area is 100 Å². The highest BCUT2D eigenvalue weighted by Gasteiger charge is 2.14. The van der Waals surface area contributed by atoms with Crippen LogP contribution in [0, 0.1) is 17.5 Å². The van der Waals surface area contributed by atoms with Crippen molar-refractivity contribution in [1.82, 2.24) is 0 Å². The molecule has 0 bridgehead atoms. The van der Waals surface area contributed by atoms with Crippen molar-refractivity contribution in [3.05, 3.63) is 59.9 Å². The molecule has 18 heavy (non-hydrogen) atoms.